The van der Waals surface area contributed by atoms with E-state index in [2.05, 4.69) is 9.50 Å². The molecule has 0 aliphatic carbocycles. The van der Waals surface area contributed by atoms with Crippen LogP contribution in [-0.4, -0.2) is 20.5 Å². The fourth-order valence-electron chi connectivity index (χ4n) is 2.00. The predicted octanol–water partition coefficient (Wildman–Crippen LogP) is 1.87. The number of hydrogen-bond donors (Lipinski definition) is 1. The highest BCUT2D eigenvalue weighted by molar-refractivity contribution is 7.88. The monoisotopic (exact) mass is 295 g/mol. The zero-order chi connectivity index (χ0) is 14.3. The molecular weight excluding hydrogens is 283 g/mol. The molecule has 19 heavy (non-hydrogen) atoms. The first-order valence-corrected chi connectivity index (χ1v) is 6.96. The Morgan fingerprint density at radius 1 is 1.32 bits per heavy atom. The maximum Gasteiger partial charge on any atom is 0.534 e. The molecule has 1 heterocycles. The summed E-state index contributed by atoms with van der Waals surface area (Å²) in [5.74, 6) is -0.266. The summed E-state index contributed by atoms with van der Waals surface area (Å²) in [4.78, 5) is 0. The largest absolute Gasteiger partial charge is 0.534 e. The van der Waals surface area contributed by atoms with Crippen LogP contribution in [-0.2, 0) is 23.1 Å². The molecule has 0 aromatic heterocycles. The van der Waals surface area contributed by atoms with E-state index in [1.165, 1.54) is 6.07 Å². The number of nitrogens with one attached hydrogen (secondary N) is 1. The third-order valence-corrected chi connectivity index (χ3v) is 3.96. The van der Waals surface area contributed by atoms with Crippen molar-refractivity contribution < 1.29 is 25.8 Å². The second-order valence-electron chi connectivity index (χ2n) is 4.24. The topological polar surface area (TPSA) is 55.4 Å². The van der Waals surface area contributed by atoms with E-state index in [-0.39, 0.29) is 5.75 Å². The molecule has 0 amide bonds. The molecule has 1 N–H and O–H groups in total. The van der Waals surface area contributed by atoms with Gasteiger partial charge in [0.25, 0.3) is 0 Å². The minimum Gasteiger partial charge on any atom is -0.376 e. The van der Waals surface area contributed by atoms with Gasteiger partial charge < -0.3 is 9.50 Å². The summed E-state index contributed by atoms with van der Waals surface area (Å²) in [5, 5.41) is 3.12. The summed E-state index contributed by atoms with van der Waals surface area (Å²) in [6.45, 7) is 2.87. The Bertz CT molecular complexity index is 596. The van der Waals surface area contributed by atoms with E-state index in [1.54, 1.807) is 13.0 Å². The predicted molar refractivity (Wildman–Crippen MR) is 62.2 cm³/mol. The smallest absolute Gasteiger partial charge is 0.376 e. The highest BCUT2D eigenvalue weighted by Crippen LogP contribution is 2.32. The lowest BCUT2D eigenvalue weighted by atomic mass is 9.96. The lowest BCUT2D eigenvalue weighted by molar-refractivity contribution is -0.0500. The molecule has 106 valence electrons. The number of fused-ring (bicyclic) bond motifs is 1. The maximum absolute atomic E-state index is 12.3. The van der Waals surface area contributed by atoms with Gasteiger partial charge in [-0.25, -0.2) is 0 Å². The van der Waals surface area contributed by atoms with E-state index in [9.17, 15) is 21.6 Å². The zero-order valence-electron chi connectivity index (χ0n) is 10.0. The Hall–Kier alpha value is -1.28. The normalized spacial score (nSPS) is 16.0. The fourth-order valence-corrected chi connectivity index (χ4v) is 2.51. The molecule has 0 unspecified atom stereocenters. The van der Waals surface area contributed by atoms with Gasteiger partial charge in [-0.05, 0) is 42.6 Å². The Morgan fingerprint density at radius 3 is 2.63 bits per heavy atom. The van der Waals surface area contributed by atoms with E-state index in [4.69, 9.17) is 0 Å². The van der Waals surface area contributed by atoms with Crippen molar-refractivity contribution in [3.63, 3.8) is 0 Å². The van der Waals surface area contributed by atoms with Gasteiger partial charge in [0.15, 0.2) is 0 Å². The van der Waals surface area contributed by atoms with Gasteiger partial charge in [0.05, 0.1) is 0 Å². The highest BCUT2D eigenvalue weighted by atomic mass is 32.2. The van der Waals surface area contributed by atoms with E-state index >= 15 is 0 Å². The molecule has 0 fully saturated rings. The molecule has 0 bridgehead atoms. The van der Waals surface area contributed by atoms with Crippen molar-refractivity contribution >= 4 is 10.1 Å². The maximum atomic E-state index is 12.3. The molecule has 0 saturated carbocycles. The second kappa shape index (κ2) is 4.68. The van der Waals surface area contributed by atoms with Crippen molar-refractivity contribution in [2.24, 2.45) is 0 Å². The number of halogens is 3. The third kappa shape index (κ3) is 2.69. The van der Waals surface area contributed by atoms with Gasteiger partial charge in [0.1, 0.15) is 5.75 Å². The van der Waals surface area contributed by atoms with Gasteiger partial charge in [-0.2, -0.15) is 21.6 Å². The molecule has 4 nitrogen and oxygen atoms in total. The molecule has 8 heteroatoms. The second-order valence-corrected chi connectivity index (χ2v) is 5.77. The first-order valence-electron chi connectivity index (χ1n) is 5.55. The summed E-state index contributed by atoms with van der Waals surface area (Å²) < 4.78 is 63.0. The quantitative estimate of drug-likeness (QED) is 0.668. The molecule has 1 aliphatic heterocycles. The zero-order valence-corrected chi connectivity index (χ0v) is 10.9. The molecule has 1 aromatic carbocycles. The molecule has 0 saturated heterocycles. The molecule has 0 radical (unpaired) electrons. The lowest BCUT2D eigenvalue weighted by Crippen LogP contribution is -2.29. The van der Waals surface area contributed by atoms with E-state index in [0.717, 1.165) is 11.1 Å². The van der Waals surface area contributed by atoms with Crippen LogP contribution >= 0.6 is 0 Å². The Labute approximate surface area is 108 Å². The van der Waals surface area contributed by atoms with Crippen LogP contribution in [0.25, 0.3) is 0 Å². The summed E-state index contributed by atoms with van der Waals surface area (Å²) >= 11 is 0. The Morgan fingerprint density at radius 2 is 2.00 bits per heavy atom. The number of rotatable bonds is 2. The van der Waals surface area contributed by atoms with Crippen LogP contribution in [0.3, 0.4) is 0 Å². The molecule has 0 atom stereocenters. The van der Waals surface area contributed by atoms with Gasteiger partial charge in [-0.15, -0.1) is 0 Å². The van der Waals surface area contributed by atoms with Crippen molar-refractivity contribution in [2.45, 2.75) is 25.4 Å². The van der Waals surface area contributed by atoms with Gasteiger partial charge in [-0.3, -0.25) is 0 Å². The van der Waals surface area contributed by atoms with Crippen molar-refractivity contribution in [3.05, 3.63) is 28.8 Å². The first kappa shape index (κ1) is 14.1. The number of benzene rings is 1. The van der Waals surface area contributed by atoms with Gasteiger partial charge in [0.2, 0.25) is 0 Å². The fraction of sp³-hybridized carbons (Fsp3) is 0.455. The minimum absolute atomic E-state index is 0.266. The first-order chi connectivity index (χ1) is 8.72. The van der Waals surface area contributed by atoms with E-state index in [0.29, 0.717) is 25.1 Å². The standard InChI is InChI=1S/C11H12F3NO3S/c1-7-9-4-5-15-6-8(9)2-3-10(7)18-19(16,17)11(12,13)14/h2-3,15H,4-6H2,1H3. The molecule has 0 spiro atoms. The summed E-state index contributed by atoms with van der Waals surface area (Å²) in [5.41, 5.74) is -3.20. The van der Waals surface area contributed by atoms with Crippen LogP contribution in [0.4, 0.5) is 13.2 Å². The van der Waals surface area contributed by atoms with E-state index in [1.807, 2.05) is 0 Å². The lowest BCUT2D eigenvalue weighted by Gasteiger charge is -2.21. The van der Waals surface area contributed by atoms with Crippen LogP contribution in [0.15, 0.2) is 12.1 Å². The van der Waals surface area contributed by atoms with E-state index < -0.39 is 15.6 Å². The van der Waals surface area contributed by atoms with Gasteiger partial charge in [0, 0.05) is 6.54 Å². The van der Waals surface area contributed by atoms with Crippen molar-refractivity contribution in [1.82, 2.24) is 5.32 Å². The average Bonchev–Trinajstić information content (AvgIpc) is 2.31. The molecule has 1 aromatic rings. The van der Waals surface area contributed by atoms with Crippen LogP contribution in [0.1, 0.15) is 16.7 Å². The molecule has 1 aliphatic rings. The average molecular weight is 295 g/mol. The van der Waals surface area contributed by atoms with Crippen molar-refractivity contribution in [1.29, 1.82) is 0 Å². The summed E-state index contributed by atoms with van der Waals surface area (Å²) in [6, 6.07) is 2.83. The van der Waals surface area contributed by atoms with Crippen LogP contribution in [0.2, 0.25) is 0 Å². The summed E-state index contributed by atoms with van der Waals surface area (Å²) in [6.07, 6.45) is 0.629. The Kier molecular flexibility index (Phi) is 3.48. The minimum atomic E-state index is -5.62. The van der Waals surface area contributed by atoms with Crippen molar-refractivity contribution in [2.75, 3.05) is 6.54 Å². The number of alkyl halides is 3. The molecular formula is C11H12F3NO3S. The Balaban J connectivity index is 2.38. The van der Waals surface area contributed by atoms with Crippen LogP contribution in [0, 0.1) is 6.92 Å². The molecule has 2 rings (SSSR count). The van der Waals surface area contributed by atoms with Gasteiger partial charge in [-0.1, -0.05) is 6.07 Å². The van der Waals surface area contributed by atoms with Crippen molar-refractivity contribution in [3.8, 4) is 5.75 Å². The SMILES string of the molecule is Cc1c(OS(=O)(=O)C(F)(F)F)ccc2c1CCNC2. The highest BCUT2D eigenvalue weighted by Gasteiger charge is 2.48. The van der Waals surface area contributed by atoms with Gasteiger partial charge >= 0.3 is 15.6 Å². The van der Waals surface area contributed by atoms with Crippen LogP contribution < -0.4 is 9.50 Å². The third-order valence-electron chi connectivity index (χ3n) is 3.00. The van der Waals surface area contributed by atoms with Crippen LogP contribution in [0.5, 0.6) is 5.75 Å². The number of hydrogen-bond acceptors (Lipinski definition) is 4. The summed E-state index contributed by atoms with van der Waals surface area (Å²) in [7, 11) is -5.62.